The van der Waals surface area contributed by atoms with Crippen molar-refractivity contribution in [1.29, 1.82) is 0 Å². The summed E-state index contributed by atoms with van der Waals surface area (Å²) in [5, 5.41) is 22.8. The Labute approximate surface area is 234 Å². The smallest absolute Gasteiger partial charge is 0.410 e. The van der Waals surface area contributed by atoms with Crippen molar-refractivity contribution in [2.45, 2.75) is 76.9 Å². The molecule has 2 aromatic heterocycles. The van der Waals surface area contributed by atoms with Crippen LogP contribution in [0.15, 0.2) is 42.7 Å². The van der Waals surface area contributed by atoms with Crippen LogP contribution in [-0.2, 0) is 20.8 Å². The summed E-state index contributed by atoms with van der Waals surface area (Å²) in [4.78, 5) is 14.0. The number of anilines is 1. The lowest BCUT2D eigenvalue weighted by atomic mass is 9.91. The SMILES string of the molecule is CC(C)(C)OC(=O)N1CCC(OC2CC(OCCn3cc(-c4cc(-c5ccccc5O)nnc4N)cn3)C2)CC1. The maximum absolute atomic E-state index is 12.2. The maximum atomic E-state index is 12.2. The Kier molecular flexibility index (Phi) is 8.22. The minimum Gasteiger partial charge on any atom is -0.507 e. The minimum absolute atomic E-state index is 0.132. The van der Waals surface area contributed by atoms with Crippen molar-refractivity contribution in [1.82, 2.24) is 24.9 Å². The molecule has 3 aromatic rings. The molecule has 5 rings (SSSR count). The van der Waals surface area contributed by atoms with E-state index < -0.39 is 5.60 Å². The van der Waals surface area contributed by atoms with Crippen molar-refractivity contribution >= 4 is 11.9 Å². The first-order valence-electron chi connectivity index (χ1n) is 13.8. The van der Waals surface area contributed by atoms with Gasteiger partial charge >= 0.3 is 6.09 Å². The largest absolute Gasteiger partial charge is 0.507 e. The van der Waals surface area contributed by atoms with Gasteiger partial charge in [0, 0.05) is 36.0 Å². The molecule has 2 fully saturated rings. The highest BCUT2D eigenvalue weighted by Crippen LogP contribution is 2.32. The summed E-state index contributed by atoms with van der Waals surface area (Å²) in [5.41, 5.74) is 8.27. The highest BCUT2D eigenvalue weighted by Gasteiger charge is 2.34. The molecule has 0 spiro atoms. The van der Waals surface area contributed by atoms with Crippen molar-refractivity contribution in [2.75, 3.05) is 25.4 Å². The second-order valence-electron chi connectivity index (χ2n) is 11.4. The average Bonchev–Trinajstić information content (AvgIpc) is 3.36. The van der Waals surface area contributed by atoms with E-state index in [4.69, 9.17) is 19.9 Å². The molecule has 0 radical (unpaired) electrons. The van der Waals surface area contributed by atoms with E-state index >= 15 is 0 Å². The Morgan fingerprint density at radius 1 is 1.07 bits per heavy atom. The molecule has 1 aliphatic carbocycles. The van der Waals surface area contributed by atoms with Crippen LogP contribution in [-0.4, -0.2) is 79.7 Å². The van der Waals surface area contributed by atoms with Crippen molar-refractivity contribution in [2.24, 2.45) is 0 Å². The number of carbonyl (C=O) groups is 1. The number of aromatic hydroxyl groups is 1. The van der Waals surface area contributed by atoms with E-state index in [0.717, 1.165) is 31.2 Å². The van der Waals surface area contributed by atoms with Crippen LogP contribution in [0.3, 0.4) is 0 Å². The third kappa shape index (κ3) is 6.89. The van der Waals surface area contributed by atoms with Gasteiger partial charge in [-0.25, -0.2) is 4.79 Å². The second-order valence-corrected chi connectivity index (χ2v) is 11.4. The number of hydrogen-bond acceptors (Lipinski definition) is 9. The van der Waals surface area contributed by atoms with Crippen LogP contribution in [0.1, 0.15) is 46.5 Å². The number of phenolic OH excluding ortho intramolecular Hbond substituents is 1. The van der Waals surface area contributed by atoms with E-state index in [1.54, 1.807) is 29.3 Å². The summed E-state index contributed by atoms with van der Waals surface area (Å²) in [6.45, 7) is 8.12. The van der Waals surface area contributed by atoms with Gasteiger partial charge < -0.3 is 30.0 Å². The summed E-state index contributed by atoms with van der Waals surface area (Å²) in [6.07, 6.45) is 7.38. The van der Waals surface area contributed by atoms with Crippen LogP contribution in [0.5, 0.6) is 5.75 Å². The fourth-order valence-electron chi connectivity index (χ4n) is 4.93. The van der Waals surface area contributed by atoms with Gasteiger partial charge in [0.15, 0.2) is 5.82 Å². The molecule has 1 amide bonds. The van der Waals surface area contributed by atoms with Gasteiger partial charge in [-0.05, 0) is 64.7 Å². The highest BCUT2D eigenvalue weighted by molar-refractivity contribution is 5.78. The summed E-state index contributed by atoms with van der Waals surface area (Å²) in [5.74, 6) is 0.429. The number of benzene rings is 1. The highest BCUT2D eigenvalue weighted by atomic mass is 16.6. The lowest BCUT2D eigenvalue weighted by Gasteiger charge is -2.40. The van der Waals surface area contributed by atoms with Gasteiger partial charge in [0.05, 0.1) is 43.4 Å². The number of likely N-dealkylation sites (tertiary alicyclic amines) is 1. The Morgan fingerprint density at radius 3 is 2.55 bits per heavy atom. The average molecular weight is 551 g/mol. The number of ether oxygens (including phenoxy) is 3. The number of nitrogen functional groups attached to an aromatic ring is 1. The number of nitrogens with two attached hydrogens (primary N) is 1. The molecule has 40 heavy (non-hydrogen) atoms. The molecular formula is C29H38N6O5. The number of phenols is 1. The molecule has 11 heteroatoms. The first kappa shape index (κ1) is 27.9. The third-order valence-corrected chi connectivity index (χ3v) is 7.15. The molecular weight excluding hydrogens is 512 g/mol. The van der Waals surface area contributed by atoms with E-state index in [2.05, 4.69) is 15.3 Å². The van der Waals surface area contributed by atoms with E-state index in [0.29, 0.717) is 48.9 Å². The van der Waals surface area contributed by atoms with Crippen molar-refractivity contribution in [3.05, 3.63) is 42.7 Å². The molecule has 214 valence electrons. The van der Waals surface area contributed by atoms with Crippen LogP contribution in [0.4, 0.5) is 10.6 Å². The first-order chi connectivity index (χ1) is 19.1. The van der Waals surface area contributed by atoms with Crippen LogP contribution < -0.4 is 5.73 Å². The van der Waals surface area contributed by atoms with Crippen molar-refractivity contribution in [3.63, 3.8) is 0 Å². The monoisotopic (exact) mass is 550 g/mol. The van der Waals surface area contributed by atoms with E-state index in [-0.39, 0.29) is 30.2 Å². The summed E-state index contributed by atoms with van der Waals surface area (Å²) in [7, 11) is 0. The van der Waals surface area contributed by atoms with Gasteiger partial charge in [0.2, 0.25) is 0 Å². The van der Waals surface area contributed by atoms with Gasteiger partial charge in [0.1, 0.15) is 11.4 Å². The molecule has 0 bridgehead atoms. The Balaban J connectivity index is 1.03. The second kappa shape index (κ2) is 11.8. The molecule has 1 aromatic carbocycles. The van der Waals surface area contributed by atoms with Crippen LogP contribution in [0, 0.1) is 0 Å². The summed E-state index contributed by atoms with van der Waals surface area (Å²) in [6, 6.07) is 8.79. The summed E-state index contributed by atoms with van der Waals surface area (Å²) < 4.78 is 19.6. The number of hydrogen-bond donors (Lipinski definition) is 2. The number of carbonyl (C=O) groups excluding carboxylic acids is 1. The molecule has 3 N–H and O–H groups in total. The predicted molar refractivity (Wildman–Crippen MR) is 149 cm³/mol. The number of rotatable bonds is 8. The van der Waals surface area contributed by atoms with Gasteiger partial charge in [-0.2, -0.15) is 5.10 Å². The molecule has 1 aliphatic heterocycles. The fourth-order valence-corrected chi connectivity index (χ4v) is 4.93. The zero-order valence-electron chi connectivity index (χ0n) is 23.3. The lowest BCUT2D eigenvalue weighted by molar-refractivity contribution is -0.135. The van der Waals surface area contributed by atoms with Gasteiger partial charge in [-0.15, -0.1) is 10.2 Å². The van der Waals surface area contributed by atoms with Gasteiger partial charge in [0.25, 0.3) is 0 Å². The molecule has 1 saturated carbocycles. The molecule has 1 saturated heterocycles. The van der Waals surface area contributed by atoms with E-state index in [1.165, 1.54) is 0 Å². The molecule has 0 atom stereocenters. The topological polar surface area (TPSA) is 138 Å². The summed E-state index contributed by atoms with van der Waals surface area (Å²) >= 11 is 0. The minimum atomic E-state index is -0.478. The Hall–Kier alpha value is -3.70. The zero-order chi connectivity index (χ0) is 28.3. The normalized spacial score (nSPS) is 19.8. The molecule has 2 aliphatic rings. The number of piperidine rings is 1. The van der Waals surface area contributed by atoms with Crippen LogP contribution in [0.2, 0.25) is 0 Å². The van der Waals surface area contributed by atoms with Crippen molar-refractivity contribution < 1.29 is 24.1 Å². The predicted octanol–water partition coefficient (Wildman–Crippen LogP) is 4.26. The quantitative estimate of drug-likeness (QED) is 0.421. The van der Waals surface area contributed by atoms with Gasteiger partial charge in [-0.3, -0.25) is 4.68 Å². The van der Waals surface area contributed by atoms with Crippen LogP contribution >= 0.6 is 0 Å². The first-order valence-corrected chi connectivity index (χ1v) is 13.8. The lowest BCUT2D eigenvalue weighted by Crippen LogP contribution is -2.46. The fraction of sp³-hybridized carbons (Fsp3) is 0.517. The number of nitrogens with zero attached hydrogens (tertiary/aromatic N) is 5. The third-order valence-electron chi connectivity index (χ3n) is 7.15. The number of aromatic nitrogens is 4. The van der Waals surface area contributed by atoms with E-state index in [9.17, 15) is 9.90 Å². The van der Waals surface area contributed by atoms with Gasteiger partial charge in [-0.1, -0.05) is 12.1 Å². The van der Waals surface area contributed by atoms with Crippen molar-refractivity contribution in [3.8, 4) is 28.1 Å². The standard InChI is InChI=1S/C29H38N6O5/c1-29(2,3)40-28(37)34-10-8-20(9-11-34)39-22-14-21(15-22)38-13-12-35-18-19(17-31-35)24-16-25(32-33-27(24)30)23-6-4-5-7-26(23)36/h4-7,16-18,20-22,36H,8-15H2,1-3H3,(H2,30,33). The number of amides is 1. The Bertz CT molecular complexity index is 1310. The van der Waals surface area contributed by atoms with Crippen LogP contribution in [0.25, 0.3) is 22.4 Å². The maximum Gasteiger partial charge on any atom is 0.410 e. The van der Waals surface area contributed by atoms with E-state index in [1.807, 2.05) is 43.8 Å². The molecule has 3 heterocycles. The molecule has 11 nitrogen and oxygen atoms in total. The zero-order valence-corrected chi connectivity index (χ0v) is 23.3. The Morgan fingerprint density at radius 2 is 1.82 bits per heavy atom. The molecule has 0 unspecified atom stereocenters. The number of para-hydroxylation sites is 1.